The summed E-state index contributed by atoms with van der Waals surface area (Å²) in [7, 11) is 4.59. The molecule has 0 fully saturated rings. The number of ether oxygens (including phenoxy) is 3. The van der Waals surface area contributed by atoms with Crippen molar-refractivity contribution in [2.24, 2.45) is 4.99 Å². The quantitative estimate of drug-likeness (QED) is 0.177. The van der Waals surface area contributed by atoms with Gasteiger partial charge in [-0.15, -0.1) is 0 Å². The van der Waals surface area contributed by atoms with Gasteiger partial charge in [0.05, 0.1) is 41.9 Å². The predicted molar refractivity (Wildman–Crippen MR) is 183 cm³/mol. The van der Waals surface area contributed by atoms with E-state index in [1.165, 1.54) is 32.7 Å². The molecule has 1 aliphatic heterocycles. The third-order valence-corrected chi connectivity index (χ3v) is 9.81. The van der Waals surface area contributed by atoms with Crippen molar-refractivity contribution in [1.29, 1.82) is 0 Å². The second-order valence-electron chi connectivity index (χ2n) is 10.8. The summed E-state index contributed by atoms with van der Waals surface area (Å²) in [5.74, 6) is 1.17. The Kier molecular flexibility index (Phi) is 8.83. The number of hydrogen-bond donors (Lipinski definition) is 0. The molecule has 3 heterocycles. The number of carbonyl (C=O) groups excluding carboxylic acids is 1. The van der Waals surface area contributed by atoms with E-state index in [1.54, 1.807) is 29.7 Å². The molecule has 0 N–H and O–H groups in total. The van der Waals surface area contributed by atoms with Crippen molar-refractivity contribution in [2.45, 2.75) is 32.9 Å². The summed E-state index contributed by atoms with van der Waals surface area (Å²) in [6.45, 7) is 4.17. The van der Waals surface area contributed by atoms with Crippen molar-refractivity contribution in [2.75, 3.05) is 21.3 Å². The fourth-order valence-electron chi connectivity index (χ4n) is 5.94. The highest BCUT2D eigenvalue weighted by molar-refractivity contribution is 7.07. The molecule has 1 atom stereocenters. The third kappa shape index (κ3) is 5.53. The lowest BCUT2D eigenvalue weighted by Gasteiger charge is -2.26. The van der Waals surface area contributed by atoms with Gasteiger partial charge in [-0.3, -0.25) is 14.2 Å². The van der Waals surface area contributed by atoms with Gasteiger partial charge in [0.15, 0.2) is 22.1 Å². The van der Waals surface area contributed by atoms with Crippen LogP contribution in [0.5, 0.6) is 17.2 Å². The van der Waals surface area contributed by atoms with Crippen LogP contribution in [0.15, 0.2) is 81.9 Å². The van der Waals surface area contributed by atoms with E-state index in [9.17, 15) is 9.59 Å². The molecule has 46 heavy (non-hydrogen) atoms. The maximum Gasteiger partial charge on any atom is 0.271 e. The van der Waals surface area contributed by atoms with Crippen molar-refractivity contribution < 1.29 is 19.0 Å². The molecule has 236 valence electrons. The Bertz CT molecular complexity index is 2210. The molecule has 8 nitrogen and oxygen atoms in total. The molecule has 1 unspecified atom stereocenters. The molecule has 2 aromatic heterocycles. The second kappa shape index (κ2) is 12.8. The Labute approximate surface area is 279 Å². The van der Waals surface area contributed by atoms with Crippen molar-refractivity contribution in [3.05, 3.63) is 118 Å². The zero-order valence-corrected chi connectivity index (χ0v) is 28.2. The van der Waals surface area contributed by atoms with Crippen LogP contribution in [0, 0.1) is 0 Å². The van der Waals surface area contributed by atoms with E-state index in [1.807, 2.05) is 55.6 Å². The van der Waals surface area contributed by atoms with Crippen LogP contribution in [0.25, 0.3) is 17.0 Å². The Morgan fingerprint density at radius 1 is 1.00 bits per heavy atom. The van der Waals surface area contributed by atoms with Crippen LogP contribution in [0.1, 0.15) is 43.0 Å². The van der Waals surface area contributed by atoms with Crippen LogP contribution in [0.3, 0.4) is 0 Å². The molecule has 1 aliphatic rings. The zero-order chi connectivity index (χ0) is 32.7. The minimum atomic E-state index is -0.740. The van der Waals surface area contributed by atoms with E-state index in [-0.39, 0.29) is 17.8 Å². The number of Topliss-reactive ketones (excluding diaryl/α,β-unsaturated/α-hetero) is 1. The topological polar surface area (TPSA) is 84.1 Å². The van der Waals surface area contributed by atoms with Crippen molar-refractivity contribution in [3.63, 3.8) is 0 Å². The van der Waals surface area contributed by atoms with Gasteiger partial charge in [0.25, 0.3) is 5.56 Å². The lowest BCUT2D eigenvalue weighted by Crippen LogP contribution is -2.39. The predicted octanol–water partition coefficient (Wildman–Crippen LogP) is 6.55. The van der Waals surface area contributed by atoms with Crippen molar-refractivity contribution in [3.8, 4) is 17.2 Å². The van der Waals surface area contributed by atoms with Gasteiger partial charge in [-0.05, 0) is 54.5 Å². The summed E-state index contributed by atoms with van der Waals surface area (Å²) in [6, 6.07) is 16.4. The molecule has 5 aromatic rings. The number of benzene rings is 3. The summed E-state index contributed by atoms with van der Waals surface area (Å²) in [5, 5.41) is 1.99. The minimum Gasteiger partial charge on any atom is -0.493 e. The van der Waals surface area contributed by atoms with Gasteiger partial charge in [-0.25, -0.2) is 4.99 Å². The molecule has 6 rings (SSSR count). The average molecular weight is 677 g/mol. The van der Waals surface area contributed by atoms with Crippen LogP contribution >= 0.6 is 34.5 Å². The second-order valence-corrected chi connectivity index (χ2v) is 12.6. The standard InChI is InChI=1S/C35H31Cl2N3O5S/c1-6-27(41)31-19(2)38-35-40(32(31)21-14-28(43-3)33(45-5)29(15-21)44-4)34(42)30(46-35)16-22-18-39(26-10-8-7-9-23(22)26)17-20-11-12-24(36)25(37)13-20/h7-16,18,32H,6,17H2,1-5H3/b30-16+. The number of rotatable bonds is 9. The summed E-state index contributed by atoms with van der Waals surface area (Å²) in [6.07, 6.45) is 4.18. The van der Waals surface area contributed by atoms with Crippen molar-refractivity contribution >= 4 is 57.3 Å². The lowest BCUT2D eigenvalue weighted by atomic mass is 9.91. The molecule has 3 aromatic carbocycles. The molecular formula is C35H31Cl2N3O5S. The smallest absolute Gasteiger partial charge is 0.271 e. The highest BCUT2D eigenvalue weighted by Crippen LogP contribution is 2.42. The number of nitrogens with zero attached hydrogens (tertiary/aromatic N) is 3. The number of allylic oxidation sites excluding steroid dienone is 2. The van der Waals surface area contributed by atoms with Gasteiger partial charge in [0, 0.05) is 46.9 Å². The highest BCUT2D eigenvalue weighted by Gasteiger charge is 2.33. The van der Waals surface area contributed by atoms with Gasteiger partial charge in [0.2, 0.25) is 5.75 Å². The van der Waals surface area contributed by atoms with E-state index >= 15 is 0 Å². The number of aromatic nitrogens is 2. The monoisotopic (exact) mass is 675 g/mol. The summed E-state index contributed by atoms with van der Waals surface area (Å²) >= 11 is 13.7. The molecule has 0 aliphatic carbocycles. The van der Waals surface area contributed by atoms with Crippen LogP contribution in [-0.4, -0.2) is 36.2 Å². The first-order valence-electron chi connectivity index (χ1n) is 14.6. The number of thiazole rings is 1. The zero-order valence-electron chi connectivity index (χ0n) is 25.9. The van der Waals surface area contributed by atoms with E-state index < -0.39 is 6.04 Å². The van der Waals surface area contributed by atoms with E-state index in [4.69, 9.17) is 42.4 Å². The molecule has 0 radical (unpaired) electrons. The third-order valence-electron chi connectivity index (χ3n) is 8.09. The number of carbonyl (C=O) groups is 1. The van der Waals surface area contributed by atoms with Gasteiger partial charge in [-0.1, -0.05) is 65.7 Å². The van der Waals surface area contributed by atoms with Crippen LogP contribution < -0.4 is 29.1 Å². The Morgan fingerprint density at radius 3 is 2.37 bits per heavy atom. The Morgan fingerprint density at radius 2 is 1.72 bits per heavy atom. The fourth-order valence-corrected chi connectivity index (χ4v) is 7.30. The maximum atomic E-state index is 14.3. The maximum absolute atomic E-state index is 14.3. The largest absolute Gasteiger partial charge is 0.493 e. The van der Waals surface area contributed by atoms with Crippen LogP contribution in [0.2, 0.25) is 10.0 Å². The first kappa shape index (κ1) is 31.7. The summed E-state index contributed by atoms with van der Waals surface area (Å²) < 4.78 is 21.0. The first-order chi connectivity index (χ1) is 22.2. The molecule has 0 saturated carbocycles. The fraction of sp³-hybridized carbons (Fsp3) is 0.229. The minimum absolute atomic E-state index is 0.0975. The average Bonchev–Trinajstić information content (AvgIpc) is 3.56. The Balaban J connectivity index is 1.54. The summed E-state index contributed by atoms with van der Waals surface area (Å²) in [5.41, 5.74) is 4.30. The van der Waals surface area contributed by atoms with Gasteiger partial charge in [-0.2, -0.15) is 0 Å². The first-order valence-corrected chi connectivity index (χ1v) is 16.1. The number of methoxy groups -OCH3 is 3. The normalized spacial score (nSPS) is 14.8. The highest BCUT2D eigenvalue weighted by atomic mass is 35.5. The molecule has 0 amide bonds. The van der Waals surface area contributed by atoms with E-state index in [0.717, 1.165) is 22.0 Å². The van der Waals surface area contributed by atoms with Gasteiger partial charge >= 0.3 is 0 Å². The van der Waals surface area contributed by atoms with Crippen LogP contribution in [-0.2, 0) is 11.3 Å². The Hall–Kier alpha value is -4.31. The molecule has 0 saturated heterocycles. The van der Waals surface area contributed by atoms with E-state index in [0.29, 0.717) is 60.0 Å². The number of para-hydroxylation sites is 1. The van der Waals surface area contributed by atoms with E-state index in [2.05, 4.69) is 4.57 Å². The molecule has 0 spiro atoms. The van der Waals surface area contributed by atoms with Gasteiger partial charge < -0.3 is 18.8 Å². The lowest BCUT2D eigenvalue weighted by molar-refractivity contribution is -0.115. The summed E-state index contributed by atoms with van der Waals surface area (Å²) in [4.78, 5) is 33.0. The number of ketones is 1. The van der Waals surface area contributed by atoms with Gasteiger partial charge in [0.1, 0.15) is 0 Å². The number of halogens is 2. The van der Waals surface area contributed by atoms with Crippen molar-refractivity contribution in [1.82, 2.24) is 9.13 Å². The van der Waals surface area contributed by atoms with Crippen LogP contribution in [0.4, 0.5) is 0 Å². The SMILES string of the molecule is CCC(=O)C1=C(C)N=c2s/c(=C/c3cn(Cc4ccc(Cl)c(Cl)c4)c4ccccc34)c(=O)n2C1c1cc(OC)c(OC)c(OC)c1. The molecule has 0 bridgehead atoms. The molecular weight excluding hydrogens is 645 g/mol. The number of hydrogen-bond acceptors (Lipinski definition) is 7. The number of fused-ring (bicyclic) bond motifs is 2. The molecule has 11 heteroatoms.